The third-order valence-corrected chi connectivity index (χ3v) is 4.01. The number of hydrogen-bond donors (Lipinski definition) is 1. The lowest BCUT2D eigenvalue weighted by molar-refractivity contribution is 0.103. The van der Waals surface area contributed by atoms with Crippen molar-refractivity contribution in [2.45, 2.75) is 13.5 Å². The third-order valence-electron chi connectivity index (χ3n) is 3.51. The van der Waals surface area contributed by atoms with Gasteiger partial charge in [0.05, 0.1) is 12.2 Å². The Morgan fingerprint density at radius 3 is 2.92 bits per heavy atom. The summed E-state index contributed by atoms with van der Waals surface area (Å²) >= 11 is 3.44. The molecular formula is C17H16BrN5O. The van der Waals surface area contributed by atoms with Crippen LogP contribution in [0.2, 0.25) is 0 Å². The van der Waals surface area contributed by atoms with Crippen molar-refractivity contribution in [2.75, 3.05) is 6.54 Å². The van der Waals surface area contributed by atoms with Crippen LogP contribution in [-0.4, -0.2) is 32.1 Å². The van der Waals surface area contributed by atoms with E-state index in [1.807, 2.05) is 23.6 Å². The molecule has 3 aromatic rings. The molecule has 0 unspecified atom stereocenters. The molecule has 0 amide bonds. The second kappa shape index (κ2) is 7.46. The van der Waals surface area contributed by atoms with Crippen molar-refractivity contribution in [3.63, 3.8) is 0 Å². The predicted octanol–water partition coefficient (Wildman–Crippen LogP) is 2.77. The molecule has 122 valence electrons. The molecule has 0 radical (unpaired) electrons. The second-order valence-electron chi connectivity index (χ2n) is 5.10. The summed E-state index contributed by atoms with van der Waals surface area (Å²) in [7, 11) is 0. The van der Waals surface area contributed by atoms with Gasteiger partial charge in [0, 0.05) is 16.2 Å². The van der Waals surface area contributed by atoms with Gasteiger partial charge in [-0.1, -0.05) is 28.9 Å². The maximum absolute atomic E-state index is 12.9. The van der Waals surface area contributed by atoms with Gasteiger partial charge in [-0.15, -0.1) is 10.2 Å². The minimum Gasteiger partial charge on any atom is -0.310 e. The first-order valence-electron chi connectivity index (χ1n) is 7.56. The van der Waals surface area contributed by atoms with E-state index < -0.39 is 0 Å². The molecule has 2 heterocycles. The van der Waals surface area contributed by atoms with Crippen LogP contribution in [0.3, 0.4) is 0 Å². The average molecular weight is 386 g/mol. The van der Waals surface area contributed by atoms with E-state index >= 15 is 0 Å². The number of hydrogen-bond acceptors (Lipinski definition) is 5. The van der Waals surface area contributed by atoms with Crippen molar-refractivity contribution in [2.24, 2.45) is 0 Å². The van der Waals surface area contributed by atoms with Crippen LogP contribution in [0.15, 0.2) is 53.4 Å². The van der Waals surface area contributed by atoms with E-state index in [0.717, 1.165) is 22.5 Å². The number of nitrogens with zero attached hydrogens (tertiary/aromatic N) is 4. The Labute approximate surface area is 148 Å². The number of aromatic nitrogens is 4. The fourth-order valence-corrected chi connectivity index (χ4v) is 2.71. The molecule has 0 bridgehead atoms. The van der Waals surface area contributed by atoms with Crippen molar-refractivity contribution in [3.05, 3.63) is 70.5 Å². The molecule has 0 saturated heterocycles. The highest BCUT2D eigenvalue weighted by Gasteiger charge is 2.18. The largest absolute Gasteiger partial charge is 0.310 e. The Balaban J connectivity index is 2.07. The first-order valence-corrected chi connectivity index (χ1v) is 8.35. The number of carbonyl (C=O) groups excluding carboxylic acids is 1. The van der Waals surface area contributed by atoms with Gasteiger partial charge >= 0.3 is 0 Å². The molecule has 1 N–H and O–H groups in total. The van der Waals surface area contributed by atoms with E-state index in [-0.39, 0.29) is 5.78 Å². The van der Waals surface area contributed by atoms with Crippen LogP contribution in [0.5, 0.6) is 0 Å². The Bertz CT molecular complexity index is 847. The summed E-state index contributed by atoms with van der Waals surface area (Å²) in [6.45, 7) is 3.42. The number of benzene rings is 1. The van der Waals surface area contributed by atoms with Crippen molar-refractivity contribution in [3.8, 4) is 5.69 Å². The van der Waals surface area contributed by atoms with Crippen molar-refractivity contribution in [1.82, 2.24) is 25.1 Å². The molecule has 0 saturated carbocycles. The highest BCUT2D eigenvalue weighted by Crippen LogP contribution is 2.23. The van der Waals surface area contributed by atoms with E-state index in [1.54, 1.807) is 36.8 Å². The summed E-state index contributed by atoms with van der Waals surface area (Å²) in [5.74, 6) is 0.601. The molecule has 2 aromatic heterocycles. The van der Waals surface area contributed by atoms with Crippen LogP contribution in [0.4, 0.5) is 0 Å². The highest BCUT2D eigenvalue weighted by atomic mass is 79.9. The number of nitrogens with one attached hydrogen (secondary N) is 1. The van der Waals surface area contributed by atoms with Crippen LogP contribution in [-0.2, 0) is 6.54 Å². The molecule has 0 aliphatic carbocycles. The molecule has 0 atom stereocenters. The van der Waals surface area contributed by atoms with Gasteiger partial charge in [0.25, 0.3) is 0 Å². The van der Waals surface area contributed by atoms with E-state index in [4.69, 9.17) is 0 Å². The molecule has 6 nitrogen and oxygen atoms in total. The zero-order valence-corrected chi connectivity index (χ0v) is 14.7. The third kappa shape index (κ3) is 3.42. The summed E-state index contributed by atoms with van der Waals surface area (Å²) in [5, 5.41) is 11.3. The minimum atomic E-state index is -0.144. The van der Waals surface area contributed by atoms with Crippen LogP contribution in [0, 0.1) is 0 Å². The number of halogens is 1. The number of pyridine rings is 1. The topological polar surface area (TPSA) is 72.7 Å². The molecule has 1 aromatic carbocycles. The first-order chi connectivity index (χ1) is 11.7. The van der Waals surface area contributed by atoms with Crippen LogP contribution >= 0.6 is 15.9 Å². The number of rotatable bonds is 6. The number of carbonyl (C=O) groups is 1. The molecule has 24 heavy (non-hydrogen) atoms. The van der Waals surface area contributed by atoms with Gasteiger partial charge in [0.1, 0.15) is 12.0 Å². The van der Waals surface area contributed by atoms with Crippen LogP contribution in [0.25, 0.3) is 5.69 Å². The molecule has 3 rings (SSSR count). The summed E-state index contributed by atoms with van der Waals surface area (Å²) in [5.41, 5.74) is 1.67. The summed E-state index contributed by atoms with van der Waals surface area (Å²) < 4.78 is 2.65. The maximum atomic E-state index is 12.9. The Hall–Kier alpha value is -2.38. The second-order valence-corrected chi connectivity index (χ2v) is 6.02. The van der Waals surface area contributed by atoms with Gasteiger partial charge in [-0.3, -0.25) is 14.3 Å². The van der Waals surface area contributed by atoms with Crippen molar-refractivity contribution < 1.29 is 4.79 Å². The molecule has 0 aliphatic heterocycles. The van der Waals surface area contributed by atoms with Crippen LogP contribution < -0.4 is 5.32 Å². The zero-order chi connectivity index (χ0) is 16.9. The normalized spacial score (nSPS) is 10.8. The summed E-state index contributed by atoms with van der Waals surface area (Å²) in [4.78, 5) is 17.0. The van der Waals surface area contributed by atoms with Gasteiger partial charge in [-0.25, -0.2) is 0 Å². The van der Waals surface area contributed by atoms with Gasteiger partial charge in [0.2, 0.25) is 5.78 Å². The quantitative estimate of drug-likeness (QED) is 0.660. The minimum absolute atomic E-state index is 0.144. The summed E-state index contributed by atoms with van der Waals surface area (Å²) in [6.07, 6.45) is 3.23. The van der Waals surface area contributed by atoms with Gasteiger partial charge < -0.3 is 5.32 Å². The van der Waals surface area contributed by atoms with E-state index in [2.05, 4.69) is 36.4 Å². The summed E-state index contributed by atoms with van der Waals surface area (Å²) in [6, 6.07) is 10.9. The first kappa shape index (κ1) is 16.5. The van der Waals surface area contributed by atoms with Gasteiger partial charge in [-0.05, 0) is 36.9 Å². The highest BCUT2D eigenvalue weighted by molar-refractivity contribution is 9.10. The molecule has 0 spiro atoms. The average Bonchev–Trinajstić information content (AvgIpc) is 3.08. The van der Waals surface area contributed by atoms with E-state index in [9.17, 15) is 4.79 Å². The van der Waals surface area contributed by atoms with Crippen molar-refractivity contribution in [1.29, 1.82) is 0 Å². The monoisotopic (exact) mass is 385 g/mol. The SMILES string of the molecule is CCNCc1nncn1-c1ccc(Br)cc1C(=O)c1ccccn1. The standard InChI is InChI=1S/C17H16BrN5O/c1-2-19-10-16-22-21-11-23(16)15-7-6-12(18)9-13(15)17(24)14-5-3-4-8-20-14/h3-9,11,19H,2,10H2,1H3. The lowest BCUT2D eigenvalue weighted by Crippen LogP contribution is -2.17. The van der Waals surface area contributed by atoms with Crippen molar-refractivity contribution >= 4 is 21.7 Å². The molecular weight excluding hydrogens is 370 g/mol. The Kier molecular flexibility index (Phi) is 5.12. The Morgan fingerprint density at radius 2 is 2.17 bits per heavy atom. The molecule has 7 heteroatoms. The lowest BCUT2D eigenvalue weighted by Gasteiger charge is -2.12. The van der Waals surface area contributed by atoms with Gasteiger partial charge in [-0.2, -0.15) is 0 Å². The predicted molar refractivity (Wildman–Crippen MR) is 94.1 cm³/mol. The zero-order valence-electron chi connectivity index (χ0n) is 13.1. The van der Waals surface area contributed by atoms with Crippen LogP contribution in [0.1, 0.15) is 28.8 Å². The lowest BCUT2D eigenvalue weighted by atomic mass is 10.1. The molecule has 0 fully saturated rings. The maximum Gasteiger partial charge on any atom is 0.213 e. The molecule has 0 aliphatic rings. The number of ketones is 1. The Morgan fingerprint density at radius 1 is 1.29 bits per heavy atom. The smallest absolute Gasteiger partial charge is 0.213 e. The fraction of sp³-hybridized carbons (Fsp3) is 0.176. The van der Waals surface area contributed by atoms with Gasteiger partial charge in [0.15, 0.2) is 5.82 Å². The fourth-order valence-electron chi connectivity index (χ4n) is 2.35. The van der Waals surface area contributed by atoms with E-state index in [1.165, 1.54) is 0 Å². The van der Waals surface area contributed by atoms with E-state index in [0.29, 0.717) is 17.8 Å².